The molecule has 0 saturated carbocycles. The molecule has 1 aromatic carbocycles. The highest BCUT2D eigenvalue weighted by Gasteiger charge is 2.20. The minimum absolute atomic E-state index is 0.0706. The third kappa shape index (κ3) is 4.11. The second kappa shape index (κ2) is 8.15. The van der Waals surface area contributed by atoms with Gasteiger partial charge in [-0.25, -0.2) is 0 Å². The molecule has 11 heteroatoms. The second-order valence-electron chi connectivity index (χ2n) is 5.55. The summed E-state index contributed by atoms with van der Waals surface area (Å²) >= 11 is 1.22. The average molecular weight is 378 g/mol. The number of benzene rings is 1. The van der Waals surface area contributed by atoms with E-state index in [-0.39, 0.29) is 23.0 Å². The van der Waals surface area contributed by atoms with E-state index < -0.39 is 4.92 Å². The number of amides is 1. The Balaban J connectivity index is 1.60. The Morgan fingerprint density at radius 1 is 1.35 bits per heavy atom. The number of ether oxygens (including phenoxy) is 1. The van der Waals surface area contributed by atoms with Crippen molar-refractivity contribution in [3.63, 3.8) is 0 Å². The third-order valence-corrected chi connectivity index (χ3v) is 4.83. The lowest BCUT2D eigenvalue weighted by Crippen LogP contribution is -2.37. The Morgan fingerprint density at radius 2 is 2.08 bits per heavy atom. The van der Waals surface area contributed by atoms with Crippen molar-refractivity contribution in [1.29, 1.82) is 0 Å². The fourth-order valence-corrected chi connectivity index (χ4v) is 3.23. The van der Waals surface area contributed by atoms with E-state index >= 15 is 0 Å². The molecule has 0 aliphatic carbocycles. The number of carbonyl (C=O) groups excluding carboxylic acids is 1. The van der Waals surface area contributed by atoms with Crippen molar-refractivity contribution in [3.8, 4) is 0 Å². The van der Waals surface area contributed by atoms with Crippen molar-refractivity contribution >= 4 is 35.0 Å². The first kappa shape index (κ1) is 18.1. The monoisotopic (exact) mass is 378 g/mol. The number of morpholine rings is 1. The predicted molar refractivity (Wildman–Crippen MR) is 96.5 cm³/mol. The average Bonchev–Trinajstić information content (AvgIpc) is 3.01. The highest BCUT2D eigenvalue weighted by molar-refractivity contribution is 7.99. The molecular formula is C15H18N6O4S. The van der Waals surface area contributed by atoms with Crippen LogP contribution >= 0.6 is 11.8 Å². The van der Waals surface area contributed by atoms with Gasteiger partial charge in [0.05, 0.1) is 23.9 Å². The molecule has 1 amide bonds. The first-order valence-corrected chi connectivity index (χ1v) is 8.93. The van der Waals surface area contributed by atoms with Crippen LogP contribution in [0.15, 0.2) is 29.4 Å². The van der Waals surface area contributed by atoms with E-state index in [1.54, 1.807) is 12.1 Å². The zero-order valence-corrected chi connectivity index (χ0v) is 14.9. The number of nitro groups is 1. The molecule has 10 nitrogen and oxygen atoms in total. The summed E-state index contributed by atoms with van der Waals surface area (Å²) < 4.78 is 7.15. The molecular weight excluding hydrogens is 360 g/mol. The van der Waals surface area contributed by atoms with Crippen LogP contribution in [0, 0.1) is 10.1 Å². The maximum atomic E-state index is 12.1. The summed E-state index contributed by atoms with van der Waals surface area (Å²) in [4.78, 5) is 24.7. The molecule has 0 atom stereocenters. The largest absolute Gasteiger partial charge is 0.378 e. The number of hydrogen-bond donors (Lipinski definition) is 1. The molecule has 1 fully saturated rings. The number of rotatable bonds is 6. The van der Waals surface area contributed by atoms with Gasteiger partial charge in [-0.05, 0) is 6.07 Å². The van der Waals surface area contributed by atoms with Crippen LogP contribution in [-0.4, -0.2) is 57.7 Å². The molecule has 1 N–H and O–H groups in total. The van der Waals surface area contributed by atoms with Gasteiger partial charge in [0.25, 0.3) is 5.69 Å². The molecule has 26 heavy (non-hydrogen) atoms. The van der Waals surface area contributed by atoms with Gasteiger partial charge in [-0.3, -0.25) is 19.5 Å². The second-order valence-corrected chi connectivity index (χ2v) is 6.49. The summed E-state index contributed by atoms with van der Waals surface area (Å²) in [6.45, 7) is 2.78. The summed E-state index contributed by atoms with van der Waals surface area (Å²) in [5, 5.41) is 22.5. The number of nitrogens with zero attached hydrogens (tertiary/aromatic N) is 5. The number of aromatic nitrogens is 3. The van der Waals surface area contributed by atoms with Crippen molar-refractivity contribution in [2.75, 3.05) is 42.3 Å². The standard InChI is InChI=1S/C15H18N6O4S/c1-19-14(20-6-8-25-9-7-20)17-18-15(19)26-10-13(22)16-11-4-2-3-5-12(11)21(23)24/h2-5H,6-10H2,1H3,(H,16,22). The molecule has 3 rings (SSSR count). The van der Waals surface area contributed by atoms with Gasteiger partial charge in [-0.15, -0.1) is 10.2 Å². The van der Waals surface area contributed by atoms with Gasteiger partial charge in [-0.1, -0.05) is 23.9 Å². The highest BCUT2D eigenvalue weighted by atomic mass is 32.2. The summed E-state index contributed by atoms with van der Waals surface area (Å²) in [5.41, 5.74) is 0.0363. The maximum absolute atomic E-state index is 12.1. The lowest BCUT2D eigenvalue weighted by Gasteiger charge is -2.27. The normalized spacial score (nSPS) is 14.3. The number of nitro benzene ring substituents is 1. The summed E-state index contributed by atoms with van der Waals surface area (Å²) in [5.74, 6) is 0.455. The Hall–Kier alpha value is -2.66. The quantitative estimate of drug-likeness (QED) is 0.454. The number of hydrogen-bond acceptors (Lipinski definition) is 8. The first-order valence-electron chi connectivity index (χ1n) is 7.94. The van der Waals surface area contributed by atoms with Crippen molar-refractivity contribution in [2.45, 2.75) is 5.16 Å². The van der Waals surface area contributed by atoms with Gasteiger partial charge in [0.2, 0.25) is 11.9 Å². The van der Waals surface area contributed by atoms with Crippen LogP contribution in [0.25, 0.3) is 0 Å². The van der Waals surface area contributed by atoms with E-state index in [0.29, 0.717) is 18.4 Å². The molecule has 2 aromatic rings. The summed E-state index contributed by atoms with van der Waals surface area (Å²) in [7, 11) is 1.84. The van der Waals surface area contributed by atoms with Gasteiger partial charge < -0.3 is 15.0 Å². The van der Waals surface area contributed by atoms with Crippen LogP contribution in [-0.2, 0) is 16.6 Å². The molecule has 2 heterocycles. The fraction of sp³-hybridized carbons (Fsp3) is 0.400. The van der Waals surface area contributed by atoms with Crippen molar-refractivity contribution in [1.82, 2.24) is 14.8 Å². The van der Waals surface area contributed by atoms with Crippen molar-refractivity contribution in [3.05, 3.63) is 34.4 Å². The van der Waals surface area contributed by atoms with E-state index in [9.17, 15) is 14.9 Å². The molecule has 0 unspecified atom stereocenters. The van der Waals surface area contributed by atoms with E-state index in [1.165, 1.54) is 23.9 Å². The summed E-state index contributed by atoms with van der Waals surface area (Å²) in [6.07, 6.45) is 0. The van der Waals surface area contributed by atoms with Crippen molar-refractivity contribution < 1.29 is 14.5 Å². The lowest BCUT2D eigenvalue weighted by atomic mass is 10.2. The molecule has 138 valence electrons. The Labute approximate surface area is 153 Å². The summed E-state index contributed by atoms with van der Waals surface area (Å²) in [6, 6.07) is 6.03. The third-order valence-electron chi connectivity index (χ3n) is 3.81. The Bertz CT molecular complexity index is 805. The Morgan fingerprint density at radius 3 is 2.81 bits per heavy atom. The molecule has 1 aliphatic rings. The van der Waals surface area contributed by atoms with Crippen LogP contribution in [0.3, 0.4) is 0 Å². The van der Waals surface area contributed by atoms with Gasteiger partial charge in [0.1, 0.15) is 5.69 Å². The van der Waals surface area contributed by atoms with Crippen LogP contribution in [0.2, 0.25) is 0 Å². The number of nitrogens with one attached hydrogen (secondary N) is 1. The van der Waals surface area contributed by atoms with E-state index in [4.69, 9.17) is 4.74 Å². The van der Waals surface area contributed by atoms with Gasteiger partial charge in [0.15, 0.2) is 5.16 Å². The molecule has 1 saturated heterocycles. The Kier molecular flexibility index (Phi) is 5.68. The molecule has 0 spiro atoms. The lowest BCUT2D eigenvalue weighted by molar-refractivity contribution is -0.383. The van der Waals surface area contributed by atoms with E-state index in [1.807, 2.05) is 11.6 Å². The zero-order valence-electron chi connectivity index (χ0n) is 14.1. The number of thioether (sulfide) groups is 1. The van der Waals surface area contributed by atoms with E-state index in [2.05, 4.69) is 20.4 Å². The molecule has 0 bridgehead atoms. The van der Waals surface area contributed by atoms with Crippen LogP contribution in [0.5, 0.6) is 0 Å². The molecule has 1 aliphatic heterocycles. The minimum atomic E-state index is -0.528. The van der Waals surface area contributed by atoms with E-state index in [0.717, 1.165) is 19.0 Å². The van der Waals surface area contributed by atoms with Crippen LogP contribution < -0.4 is 10.2 Å². The smallest absolute Gasteiger partial charge is 0.292 e. The SMILES string of the molecule is Cn1c(SCC(=O)Nc2ccccc2[N+](=O)[O-])nnc1N1CCOCC1. The topological polar surface area (TPSA) is 115 Å². The minimum Gasteiger partial charge on any atom is -0.378 e. The van der Waals surface area contributed by atoms with Crippen LogP contribution in [0.4, 0.5) is 17.3 Å². The number of carbonyl (C=O) groups is 1. The highest BCUT2D eigenvalue weighted by Crippen LogP contribution is 2.25. The van der Waals surface area contributed by atoms with Gasteiger partial charge in [0, 0.05) is 26.2 Å². The number of para-hydroxylation sites is 2. The first-order chi connectivity index (χ1) is 12.6. The predicted octanol–water partition coefficient (Wildman–Crippen LogP) is 1.29. The maximum Gasteiger partial charge on any atom is 0.292 e. The zero-order chi connectivity index (χ0) is 18.5. The van der Waals surface area contributed by atoms with Gasteiger partial charge in [-0.2, -0.15) is 0 Å². The van der Waals surface area contributed by atoms with Crippen molar-refractivity contribution in [2.24, 2.45) is 7.05 Å². The molecule has 0 radical (unpaired) electrons. The molecule has 1 aromatic heterocycles. The van der Waals surface area contributed by atoms with Crippen LogP contribution in [0.1, 0.15) is 0 Å². The van der Waals surface area contributed by atoms with Gasteiger partial charge >= 0.3 is 0 Å². The fourth-order valence-electron chi connectivity index (χ4n) is 2.53. The number of anilines is 2.